The number of hydrogen-bond acceptors (Lipinski definition) is 3. The van der Waals surface area contributed by atoms with Gasteiger partial charge in [0.1, 0.15) is 0 Å². The van der Waals surface area contributed by atoms with Gasteiger partial charge in [0.25, 0.3) is 0 Å². The number of nitrogens with zero attached hydrogens (tertiary/aromatic N) is 5. The maximum atomic E-state index is 9.70. The Labute approximate surface area is 323 Å². The van der Waals surface area contributed by atoms with Crippen molar-refractivity contribution in [1.29, 1.82) is 10.5 Å². The van der Waals surface area contributed by atoms with Crippen molar-refractivity contribution >= 4 is 96.9 Å². The summed E-state index contributed by atoms with van der Waals surface area (Å²) < 4.78 is 9.54. The van der Waals surface area contributed by atoms with E-state index in [0.717, 1.165) is 38.9 Å². The molecule has 0 atom stereocenters. The molecule has 0 aliphatic rings. The van der Waals surface area contributed by atoms with Crippen LogP contribution in [-0.2, 0) is 0 Å². The van der Waals surface area contributed by atoms with Gasteiger partial charge in [0, 0.05) is 69.6 Å². The van der Waals surface area contributed by atoms with E-state index in [4.69, 9.17) is 0 Å². The van der Waals surface area contributed by atoms with Gasteiger partial charge in [-0.15, -0.1) is 11.3 Å². The van der Waals surface area contributed by atoms with Crippen LogP contribution in [0, 0.1) is 22.7 Å². The summed E-state index contributed by atoms with van der Waals surface area (Å²) in [6, 6.07) is 62.5. The average molecular weight is 730 g/mol. The van der Waals surface area contributed by atoms with Crippen molar-refractivity contribution in [3.63, 3.8) is 0 Å². The highest BCUT2D eigenvalue weighted by Gasteiger charge is 2.21. The minimum atomic E-state index is 0.597. The number of nitriles is 2. The molecule has 12 aromatic rings. The summed E-state index contributed by atoms with van der Waals surface area (Å²) in [7, 11) is 0. The number of aromatic nitrogens is 3. The molecule has 56 heavy (non-hydrogen) atoms. The molecule has 12 rings (SSSR count). The number of hydrogen-bond donors (Lipinski definition) is 0. The summed E-state index contributed by atoms with van der Waals surface area (Å²) in [6.45, 7) is 0. The highest BCUT2D eigenvalue weighted by Crippen LogP contribution is 2.44. The summed E-state index contributed by atoms with van der Waals surface area (Å²) >= 11 is 1.82. The Morgan fingerprint density at radius 2 is 0.929 bits per heavy atom. The highest BCUT2D eigenvalue weighted by molar-refractivity contribution is 7.25. The van der Waals surface area contributed by atoms with Crippen molar-refractivity contribution < 1.29 is 0 Å². The van der Waals surface area contributed by atoms with Crippen LogP contribution in [0.2, 0.25) is 0 Å². The predicted molar refractivity (Wildman–Crippen MR) is 232 cm³/mol. The molecule has 6 heteroatoms. The molecule has 5 nitrogen and oxygen atoms in total. The molecular formula is C50H27N5S. The minimum absolute atomic E-state index is 0.597. The van der Waals surface area contributed by atoms with Crippen LogP contribution in [0.25, 0.3) is 103 Å². The molecule has 0 bridgehead atoms. The normalized spacial score (nSPS) is 11.9. The molecule has 258 valence electrons. The second-order valence-electron chi connectivity index (χ2n) is 14.4. The first-order valence-corrected chi connectivity index (χ1v) is 19.4. The Hall–Kier alpha value is -7.64. The van der Waals surface area contributed by atoms with Crippen molar-refractivity contribution in [2.75, 3.05) is 0 Å². The molecule has 0 saturated heterocycles. The molecule has 0 spiro atoms. The zero-order chi connectivity index (χ0) is 37.1. The second kappa shape index (κ2) is 11.4. The van der Waals surface area contributed by atoms with Crippen LogP contribution in [0.5, 0.6) is 0 Å². The van der Waals surface area contributed by atoms with E-state index in [-0.39, 0.29) is 0 Å². The maximum absolute atomic E-state index is 9.70. The van der Waals surface area contributed by atoms with Crippen LogP contribution in [-0.4, -0.2) is 13.7 Å². The Morgan fingerprint density at radius 3 is 1.66 bits per heavy atom. The number of benzene rings is 8. The van der Waals surface area contributed by atoms with Crippen LogP contribution in [0.3, 0.4) is 0 Å². The van der Waals surface area contributed by atoms with Gasteiger partial charge in [-0.25, -0.2) is 0 Å². The molecule has 0 amide bonds. The van der Waals surface area contributed by atoms with Crippen molar-refractivity contribution in [3.8, 4) is 29.2 Å². The van der Waals surface area contributed by atoms with Gasteiger partial charge in [-0.3, -0.25) is 0 Å². The van der Waals surface area contributed by atoms with Gasteiger partial charge in [0.2, 0.25) is 0 Å². The Kier molecular flexibility index (Phi) is 6.28. The summed E-state index contributed by atoms with van der Waals surface area (Å²) in [5.41, 5.74) is 11.3. The highest BCUT2D eigenvalue weighted by atomic mass is 32.1. The number of rotatable bonds is 3. The lowest BCUT2D eigenvalue weighted by Crippen LogP contribution is -1.95. The van der Waals surface area contributed by atoms with E-state index >= 15 is 0 Å². The molecular weight excluding hydrogens is 703 g/mol. The Morgan fingerprint density at radius 1 is 0.357 bits per heavy atom. The zero-order valence-corrected chi connectivity index (χ0v) is 30.5. The van der Waals surface area contributed by atoms with Crippen LogP contribution in [0.15, 0.2) is 164 Å². The number of fused-ring (bicyclic) bond motifs is 13. The molecule has 0 saturated carbocycles. The Bertz CT molecular complexity index is 3660. The lowest BCUT2D eigenvalue weighted by Gasteiger charge is -2.10. The van der Waals surface area contributed by atoms with Gasteiger partial charge < -0.3 is 13.7 Å². The van der Waals surface area contributed by atoms with Gasteiger partial charge in [0.15, 0.2) is 0 Å². The lowest BCUT2D eigenvalue weighted by atomic mass is 10.1. The second-order valence-corrected chi connectivity index (χ2v) is 15.5. The van der Waals surface area contributed by atoms with E-state index < -0.39 is 0 Å². The van der Waals surface area contributed by atoms with E-state index in [1.807, 2.05) is 47.7 Å². The number of thiophene rings is 1. The monoisotopic (exact) mass is 729 g/mol. The van der Waals surface area contributed by atoms with Gasteiger partial charge in [-0.05, 0) is 97.1 Å². The molecule has 8 aromatic carbocycles. The first kappa shape index (κ1) is 30.8. The fourth-order valence-electron chi connectivity index (χ4n) is 9.10. The van der Waals surface area contributed by atoms with Crippen LogP contribution in [0.4, 0.5) is 0 Å². The van der Waals surface area contributed by atoms with Crippen molar-refractivity contribution in [2.45, 2.75) is 0 Å². The number of para-hydroxylation sites is 3. The third kappa shape index (κ3) is 4.16. The molecule has 0 radical (unpaired) electrons. The summed E-state index contributed by atoms with van der Waals surface area (Å²) in [6.07, 6.45) is 0. The molecule has 0 aliphatic carbocycles. The standard InChI is InChI=1S/C50H27N5S/c51-28-30-14-20-44-39(24-30)40-25-31(29-52)15-21-45(40)54(44)33-17-23-47-41(26-33)36-18-16-34(27-48(36)56-47)55-42-12-6-4-10-35(42)37-19-22-46-49(50(37)55)38-11-5-7-13-43(38)53(46)32-8-2-1-3-9-32/h1-27H. The summed E-state index contributed by atoms with van der Waals surface area (Å²) in [4.78, 5) is 0. The van der Waals surface area contributed by atoms with Gasteiger partial charge in [-0.1, -0.05) is 66.7 Å². The third-order valence-corrected chi connectivity index (χ3v) is 12.6. The van der Waals surface area contributed by atoms with Crippen LogP contribution < -0.4 is 0 Å². The predicted octanol–water partition coefficient (Wildman–Crippen LogP) is 13.1. The minimum Gasteiger partial charge on any atom is -0.309 e. The molecule has 4 heterocycles. The molecule has 0 N–H and O–H groups in total. The quantitative estimate of drug-likeness (QED) is 0.182. The molecule has 0 aliphatic heterocycles. The summed E-state index contributed by atoms with van der Waals surface area (Å²) in [5.74, 6) is 0. The smallest absolute Gasteiger partial charge is 0.0991 e. The van der Waals surface area contributed by atoms with Gasteiger partial charge in [-0.2, -0.15) is 10.5 Å². The van der Waals surface area contributed by atoms with Gasteiger partial charge in [0.05, 0.1) is 56.4 Å². The zero-order valence-electron chi connectivity index (χ0n) is 29.7. The average Bonchev–Trinajstić information content (AvgIpc) is 3.99. The molecule has 0 unspecified atom stereocenters. The van der Waals surface area contributed by atoms with Crippen molar-refractivity contribution in [2.24, 2.45) is 0 Å². The van der Waals surface area contributed by atoms with E-state index in [9.17, 15) is 10.5 Å². The van der Waals surface area contributed by atoms with Gasteiger partial charge >= 0.3 is 0 Å². The van der Waals surface area contributed by atoms with Crippen LogP contribution >= 0.6 is 11.3 Å². The van der Waals surface area contributed by atoms with E-state index in [1.54, 1.807) is 0 Å². The largest absolute Gasteiger partial charge is 0.309 e. The van der Waals surface area contributed by atoms with E-state index in [1.165, 1.54) is 63.8 Å². The Balaban J connectivity index is 1.10. The fraction of sp³-hybridized carbons (Fsp3) is 0. The van der Waals surface area contributed by atoms with E-state index in [2.05, 4.69) is 153 Å². The topological polar surface area (TPSA) is 62.4 Å². The fourth-order valence-corrected chi connectivity index (χ4v) is 10.2. The SMILES string of the molecule is N#Cc1ccc2c(c1)c1cc(C#N)ccc1n2-c1ccc2sc3cc(-n4c5ccccc5c5ccc6c(c7ccccc7n6-c6ccccc6)c54)ccc3c2c1. The van der Waals surface area contributed by atoms with Crippen molar-refractivity contribution in [1.82, 2.24) is 13.7 Å². The van der Waals surface area contributed by atoms with E-state index in [0.29, 0.717) is 11.1 Å². The van der Waals surface area contributed by atoms with Crippen LogP contribution in [0.1, 0.15) is 11.1 Å². The maximum Gasteiger partial charge on any atom is 0.0991 e. The molecule has 0 fully saturated rings. The third-order valence-electron chi connectivity index (χ3n) is 11.5. The first-order chi connectivity index (χ1) is 27.7. The van der Waals surface area contributed by atoms with Crippen molar-refractivity contribution in [3.05, 3.63) is 175 Å². The first-order valence-electron chi connectivity index (χ1n) is 18.5. The molecule has 4 aromatic heterocycles. The lowest BCUT2D eigenvalue weighted by molar-refractivity contribution is 1.18. The summed E-state index contributed by atoms with van der Waals surface area (Å²) in [5, 5.41) is 28.7.